The number of halogens is 4. The number of allylic oxidation sites excluding steroid dienone is 2. The van der Waals surface area contributed by atoms with E-state index >= 15 is 0 Å². The third-order valence-corrected chi connectivity index (χ3v) is 6.02. The van der Waals surface area contributed by atoms with Gasteiger partial charge in [0, 0.05) is 36.2 Å². The van der Waals surface area contributed by atoms with Crippen LogP contribution in [-0.4, -0.2) is 46.4 Å². The zero-order valence-corrected chi connectivity index (χ0v) is 19.4. The van der Waals surface area contributed by atoms with Crippen molar-refractivity contribution >= 4 is 33.2 Å². The minimum absolute atomic E-state index is 0.0422. The van der Waals surface area contributed by atoms with Crippen LogP contribution in [0.4, 0.5) is 13.2 Å². The Bertz CT molecular complexity index is 1020. The molecule has 1 heterocycles. The summed E-state index contributed by atoms with van der Waals surface area (Å²) < 4.78 is 44.5. The van der Waals surface area contributed by atoms with Crippen LogP contribution in [0.1, 0.15) is 38.3 Å². The molecule has 0 saturated heterocycles. The molecule has 0 spiro atoms. The first kappa shape index (κ1) is 24.4. The van der Waals surface area contributed by atoms with Crippen LogP contribution in [0.15, 0.2) is 52.2 Å². The number of carbonyl (C=O) groups is 2. The first-order valence-electron chi connectivity index (χ1n) is 10.1. The zero-order chi connectivity index (χ0) is 23.8. The number of ketones is 2. The van der Waals surface area contributed by atoms with Crippen molar-refractivity contribution in [3.63, 3.8) is 0 Å². The van der Waals surface area contributed by atoms with Crippen molar-refractivity contribution in [3.05, 3.63) is 63.3 Å². The van der Waals surface area contributed by atoms with Crippen LogP contribution in [0.3, 0.4) is 0 Å². The summed E-state index contributed by atoms with van der Waals surface area (Å²) in [5, 5.41) is 10.4. The van der Waals surface area contributed by atoms with Gasteiger partial charge < -0.3 is 14.7 Å². The Morgan fingerprint density at radius 3 is 2.34 bits per heavy atom. The summed E-state index contributed by atoms with van der Waals surface area (Å²) in [4.78, 5) is 27.0. The van der Waals surface area contributed by atoms with E-state index in [0.29, 0.717) is 30.8 Å². The number of ether oxygens (including phenoxy) is 1. The van der Waals surface area contributed by atoms with Gasteiger partial charge in [0.05, 0.1) is 16.1 Å². The van der Waals surface area contributed by atoms with Crippen molar-refractivity contribution in [2.75, 3.05) is 13.2 Å². The lowest BCUT2D eigenvalue weighted by Gasteiger charge is -2.35. The summed E-state index contributed by atoms with van der Waals surface area (Å²) >= 11 is 3.18. The van der Waals surface area contributed by atoms with E-state index in [2.05, 4.69) is 15.9 Å². The Kier molecular flexibility index (Phi) is 6.83. The second-order valence-corrected chi connectivity index (χ2v) is 8.87. The molecule has 0 aromatic heterocycles. The van der Waals surface area contributed by atoms with E-state index in [0.717, 1.165) is 19.1 Å². The molecule has 1 aliphatic carbocycles. The van der Waals surface area contributed by atoms with E-state index in [1.165, 1.54) is 18.3 Å². The maximum absolute atomic E-state index is 13.0. The van der Waals surface area contributed by atoms with Gasteiger partial charge in [-0.3, -0.25) is 9.59 Å². The smallest absolute Gasteiger partial charge is 0.379 e. The van der Waals surface area contributed by atoms with E-state index in [-0.39, 0.29) is 21.7 Å². The summed E-state index contributed by atoms with van der Waals surface area (Å²) in [6, 6.07) is 4.67. The summed E-state index contributed by atoms with van der Waals surface area (Å²) in [6.07, 6.45) is -0.715. The van der Waals surface area contributed by atoms with Crippen LogP contribution >= 0.6 is 15.9 Å². The number of hydrogen-bond donors (Lipinski definition) is 1. The van der Waals surface area contributed by atoms with E-state index < -0.39 is 28.9 Å². The summed E-state index contributed by atoms with van der Waals surface area (Å²) in [5.41, 5.74) is -1.51. The van der Waals surface area contributed by atoms with Gasteiger partial charge in [-0.05, 0) is 66.9 Å². The number of nitrogens with zero attached hydrogens (tertiary/aromatic N) is 1. The molecule has 1 aromatic rings. The first-order valence-corrected chi connectivity index (χ1v) is 10.8. The minimum Gasteiger partial charge on any atom is -0.379 e. The number of Topliss-reactive ketones (excluding diaryl/α,β-unsaturated/α-hetero) is 2. The molecule has 1 aliphatic heterocycles. The number of aliphatic hydroxyl groups is 1. The fourth-order valence-electron chi connectivity index (χ4n) is 3.47. The van der Waals surface area contributed by atoms with E-state index in [1.807, 2.05) is 13.8 Å². The predicted molar refractivity (Wildman–Crippen MR) is 117 cm³/mol. The molecular weight excluding hydrogens is 491 g/mol. The van der Waals surface area contributed by atoms with Gasteiger partial charge in [0.1, 0.15) is 0 Å². The van der Waals surface area contributed by atoms with E-state index in [4.69, 9.17) is 4.74 Å². The molecule has 0 bridgehead atoms. The third-order valence-electron chi connectivity index (χ3n) is 5.23. The highest BCUT2D eigenvalue weighted by Crippen LogP contribution is 2.40. The van der Waals surface area contributed by atoms with Crippen LogP contribution in [0, 0.1) is 0 Å². The highest BCUT2D eigenvalue weighted by Gasteiger charge is 2.48. The molecule has 1 unspecified atom stereocenters. The second-order valence-electron chi connectivity index (χ2n) is 8.07. The number of hydrogen-bond acceptors (Lipinski definition) is 5. The molecule has 0 amide bonds. The molecule has 0 radical (unpaired) electrons. The van der Waals surface area contributed by atoms with Crippen molar-refractivity contribution in [2.45, 2.75) is 45.1 Å². The fourth-order valence-corrected chi connectivity index (χ4v) is 4.19. The normalized spacial score (nSPS) is 21.7. The van der Waals surface area contributed by atoms with Gasteiger partial charge in [0.15, 0.2) is 5.60 Å². The highest BCUT2D eigenvalue weighted by molar-refractivity contribution is 9.12. The molecule has 0 fully saturated rings. The van der Waals surface area contributed by atoms with E-state index in [1.54, 1.807) is 11.0 Å². The van der Waals surface area contributed by atoms with Gasteiger partial charge in [-0.2, -0.15) is 13.2 Å². The van der Waals surface area contributed by atoms with Crippen LogP contribution in [-0.2, 0) is 20.5 Å². The molecule has 3 rings (SSSR count). The average molecular weight is 514 g/mol. The Morgan fingerprint density at radius 2 is 1.78 bits per heavy atom. The molecule has 5 nitrogen and oxygen atoms in total. The summed E-state index contributed by atoms with van der Waals surface area (Å²) in [7, 11) is 0. The number of benzene rings is 1. The maximum Gasteiger partial charge on any atom is 0.416 e. The van der Waals surface area contributed by atoms with Crippen molar-refractivity contribution in [1.82, 2.24) is 4.90 Å². The molecule has 9 heteroatoms. The molecular formula is C23H23BrF3NO4. The molecule has 32 heavy (non-hydrogen) atoms. The lowest BCUT2D eigenvalue weighted by Crippen LogP contribution is -2.48. The number of fused-ring (bicyclic) bond motifs is 1. The molecule has 1 atom stereocenters. The second kappa shape index (κ2) is 8.96. The lowest BCUT2D eigenvalue weighted by molar-refractivity contribution is -0.144. The lowest BCUT2D eigenvalue weighted by atomic mass is 9.79. The van der Waals surface area contributed by atoms with Gasteiger partial charge in [-0.25, -0.2) is 0 Å². The van der Waals surface area contributed by atoms with Crippen molar-refractivity contribution < 1.29 is 32.6 Å². The van der Waals surface area contributed by atoms with Gasteiger partial charge in [-0.15, -0.1) is 0 Å². The Morgan fingerprint density at radius 1 is 1.16 bits per heavy atom. The molecule has 1 N–H and O–H groups in total. The average Bonchev–Trinajstić information content (AvgIpc) is 2.73. The highest BCUT2D eigenvalue weighted by atomic mass is 79.9. The quantitative estimate of drug-likeness (QED) is 0.444. The van der Waals surface area contributed by atoms with Gasteiger partial charge in [0.2, 0.25) is 11.6 Å². The van der Waals surface area contributed by atoms with Crippen LogP contribution < -0.4 is 0 Å². The summed E-state index contributed by atoms with van der Waals surface area (Å²) in [5.74, 6) is -1.50. The molecule has 2 aliphatic rings. The van der Waals surface area contributed by atoms with Crippen molar-refractivity contribution in [3.8, 4) is 0 Å². The summed E-state index contributed by atoms with van der Waals surface area (Å²) in [6.45, 7) is 5.83. The van der Waals surface area contributed by atoms with Gasteiger partial charge in [0.25, 0.3) is 0 Å². The topological polar surface area (TPSA) is 66.8 Å². The fraction of sp³-hybridized carbons (Fsp3) is 0.391. The van der Waals surface area contributed by atoms with Crippen molar-refractivity contribution in [2.24, 2.45) is 0 Å². The monoisotopic (exact) mass is 513 g/mol. The molecule has 0 saturated carbocycles. The minimum atomic E-state index is -4.46. The standard InChI is InChI=1S/C23H23BrF3NO4/c1-13(2)32-10-4-9-28-12-17-16(19(24)21(30)22(3,31)20(17)29)11-18(28)14-5-7-15(8-6-14)23(25,26)27/h5-8,11-13,31H,4,9-10H2,1-3H3. The first-order chi connectivity index (χ1) is 14.8. The van der Waals surface area contributed by atoms with E-state index in [9.17, 15) is 27.9 Å². The number of alkyl halides is 3. The van der Waals surface area contributed by atoms with Crippen LogP contribution in [0.5, 0.6) is 0 Å². The maximum atomic E-state index is 13.0. The zero-order valence-electron chi connectivity index (χ0n) is 17.8. The van der Waals surface area contributed by atoms with Gasteiger partial charge in [-0.1, -0.05) is 12.1 Å². The Balaban J connectivity index is 2.03. The Labute approximate surface area is 192 Å². The Hall–Kier alpha value is -2.23. The molecule has 172 valence electrons. The molecule has 1 aromatic carbocycles. The largest absolute Gasteiger partial charge is 0.416 e. The number of carbonyl (C=O) groups excluding carboxylic acids is 2. The van der Waals surface area contributed by atoms with Crippen LogP contribution in [0.25, 0.3) is 5.70 Å². The van der Waals surface area contributed by atoms with Crippen LogP contribution in [0.2, 0.25) is 0 Å². The van der Waals surface area contributed by atoms with Gasteiger partial charge >= 0.3 is 6.18 Å². The van der Waals surface area contributed by atoms with Crippen molar-refractivity contribution in [1.29, 1.82) is 0 Å². The predicted octanol–water partition coefficient (Wildman–Crippen LogP) is 4.61. The third kappa shape index (κ3) is 4.74. The number of rotatable bonds is 6. The SMILES string of the molecule is CC(C)OCCCN1C=C2C(=O)C(C)(O)C(=O)C(Br)=C2C=C1c1ccc(C(F)(F)F)cc1.